The van der Waals surface area contributed by atoms with E-state index in [1.807, 2.05) is 37.9 Å². The van der Waals surface area contributed by atoms with Gasteiger partial charge in [0.25, 0.3) is 11.6 Å². The summed E-state index contributed by atoms with van der Waals surface area (Å²) in [6.45, 7) is 7.15. The molecule has 0 unspecified atom stereocenters. The zero-order valence-electron chi connectivity index (χ0n) is 14.0. The normalized spacial score (nSPS) is 17.8. The number of rotatable bonds is 2. The van der Waals surface area contributed by atoms with E-state index in [4.69, 9.17) is 4.52 Å². The van der Waals surface area contributed by atoms with Crippen molar-refractivity contribution in [1.82, 2.24) is 25.2 Å². The zero-order valence-corrected chi connectivity index (χ0v) is 14.0. The predicted octanol–water partition coefficient (Wildman–Crippen LogP) is 2.50. The Morgan fingerprint density at radius 3 is 2.96 bits per heavy atom. The first-order chi connectivity index (χ1) is 11.5. The molecule has 0 bridgehead atoms. The molecule has 0 aliphatic carbocycles. The summed E-state index contributed by atoms with van der Waals surface area (Å²) in [4.78, 5) is 19.3. The quantitative estimate of drug-likeness (QED) is 0.782. The van der Waals surface area contributed by atoms with Gasteiger partial charge in [-0.3, -0.25) is 9.89 Å². The molecule has 1 fully saturated rings. The third kappa shape index (κ3) is 2.28. The van der Waals surface area contributed by atoms with Crippen molar-refractivity contribution in [2.24, 2.45) is 0 Å². The fourth-order valence-corrected chi connectivity index (χ4v) is 3.51. The monoisotopic (exact) mass is 325 g/mol. The Kier molecular flexibility index (Phi) is 3.37. The molecule has 1 amide bonds. The maximum atomic E-state index is 13.1. The minimum absolute atomic E-state index is 0.0106. The van der Waals surface area contributed by atoms with Gasteiger partial charge in [-0.15, -0.1) is 0 Å². The van der Waals surface area contributed by atoms with Crippen molar-refractivity contribution in [3.8, 4) is 0 Å². The number of aryl methyl sites for hydroxylation is 3. The molecule has 0 saturated carbocycles. The molecule has 1 atom stereocenters. The second-order valence-corrected chi connectivity index (χ2v) is 6.46. The smallest absolute Gasteiger partial charge is 0.258 e. The van der Waals surface area contributed by atoms with Crippen molar-refractivity contribution in [3.63, 3.8) is 0 Å². The lowest BCUT2D eigenvalue weighted by molar-refractivity contribution is 0.0792. The van der Waals surface area contributed by atoms with E-state index in [0.717, 1.165) is 29.9 Å². The summed E-state index contributed by atoms with van der Waals surface area (Å²) in [6.07, 6.45) is 2.76. The minimum atomic E-state index is 0.0106. The van der Waals surface area contributed by atoms with Crippen LogP contribution in [0, 0.1) is 20.8 Å². The number of aromatic amines is 1. The number of pyridine rings is 1. The molecule has 1 saturated heterocycles. The first-order valence-electron chi connectivity index (χ1n) is 8.07. The maximum Gasteiger partial charge on any atom is 0.258 e. The Balaban J connectivity index is 1.66. The Bertz CT molecular complexity index is 926. The average Bonchev–Trinajstić information content (AvgIpc) is 3.26. The van der Waals surface area contributed by atoms with Crippen molar-refractivity contribution < 1.29 is 9.32 Å². The van der Waals surface area contributed by atoms with Crippen LogP contribution in [0.4, 0.5) is 0 Å². The summed E-state index contributed by atoms with van der Waals surface area (Å²) >= 11 is 0. The van der Waals surface area contributed by atoms with E-state index < -0.39 is 0 Å². The highest BCUT2D eigenvalue weighted by Gasteiger charge is 2.31. The lowest BCUT2D eigenvalue weighted by Gasteiger charge is -2.17. The molecule has 3 aromatic heterocycles. The lowest BCUT2D eigenvalue weighted by atomic mass is 10.0. The molecular weight excluding hydrogens is 306 g/mol. The van der Waals surface area contributed by atoms with E-state index in [0.29, 0.717) is 34.8 Å². The van der Waals surface area contributed by atoms with Gasteiger partial charge in [0, 0.05) is 30.4 Å². The summed E-state index contributed by atoms with van der Waals surface area (Å²) in [5.41, 5.74) is 4.77. The van der Waals surface area contributed by atoms with Gasteiger partial charge in [-0.25, -0.2) is 4.98 Å². The van der Waals surface area contributed by atoms with E-state index in [9.17, 15) is 4.79 Å². The predicted molar refractivity (Wildman–Crippen MR) is 87.9 cm³/mol. The van der Waals surface area contributed by atoms with Crippen LogP contribution in [0.15, 0.2) is 16.8 Å². The highest BCUT2D eigenvalue weighted by atomic mass is 16.5. The topological polar surface area (TPSA) is 87.9 Å². The molecule has 3 aromatic rings. The van der Waals surface area contributed by atoms with Gasteiger partial charge >= 0.3 is 0 Å². The first kappa shape index (κ1) is 14.9. The Labute approximate surface area is 139 Å². The van der Waals surface area contributed by atoms with Gasteiger partial charge in [0.1, 0.15) is 0 Å². The fraction of sp³-hybridized carbons (Fsp3) is 0.412. The van der Waals surface area contributed by atoms with Crippen LogP contribution in [0.2, 0.25) is 0 Å². The Morgan fingerprint density at radius 1 is 1.38 bits per heavy atom. The van der Waals surface area contributed by atoms with Gasteiger partial charge in [-0.2, -0.15) is 5.10 Å². The molecule has 1 aliphatic rings. The number of nitrogens with zero attached hydrogens (tertiary/aromatic N) is 4. The molecule has 7 nitrogen and oxygen atoms in total. The summed E-state index contributed by atoms with van der Waals surface area (Å²) in [6, 6.07) is 1.82. The summed E-state index contributed by atoms with van der Waals surface area (Å²) in [5.74, 6) is 0.315. The number of hydrogen-bond donors (Lipinski definition) is 1. The fourth-order valence-electron chi connectivity index (χ4n) is 3.51. The van der Waals surface area contributed by atoms with Crippen LogP contribution in [0.25, 0.3) is 11.1 Å². The standard InChI is InChI=1S/C17H19N5O2/c1-9-7-18-20-15(9)12-4-5-22(8-12)17(23)13-6-10(2)19-16-14(13)11(3)21-24-16/h6-7,12H,4-5,8H2,1-3H3,(H,18,20)/t12-/m1/s1. The number of aromatic nitrogens is 4. The molecule has 1 N–H and O–H groups in total. The molecule has 7 heteroatoms. The molecular formula is C17H19N5O2. The lowest BCUT2D eigenvalue weighted by Crippen LogP contribution is -2.29. The summed E-state index contributed by atoms with van der Waals surface area (Å²) < 4.78 is 5.23. The molecule has 0 spiro atoms. The van der Waals surface area contributed by atoms with Crippen LogP contribution in [0.1, 0.15) is 45.3 Å². The van der Waals surface area contributed by atoms with Gasteiger partial charge in [-0.05, 0) is 38.8 Å². The SMILES string of the molecule is Cc1cc(C(=O)N2CC[C@@H](c3[nH]ncc3C)C2)c2c(C)noc2n1. The van der Waals surface area contributed by atoms with Gasteiger partial charge in [0.05, 0.1) is 22.8 Å². The summed E-state index contributed by atoms with van der Waals surface area (Å²) in [5, 5.41) is 11.8. The van der Waals surface area contributed by atoms with Crippen molar-refractivity contribution in [2.45, 2.75) is 33.1 Å². The third-order valence-electron chi connectivity index (χ3n) is 4.73. The van der Waals surface area contributed by atoms with E-state index in [1.54, 1.807) is 0 Å². The average molecular weight is 325 g/mol. The largest absolute Gasteiger partial charge is 0.338 e. The molecule has 4 rings (SSSR count). The van der Waals surface area contributed by atoms with Gasteiger partial charge in [0.2, 0.25) is 0 Å². The first-order valence-corrected chi connectivity index (χ1v) is 8.07. The number of fused-ring (bicyclic) bond motifs is 1. The van der Waals surface area contributed by atoms with Crippen molar-refractivity contribution in [3.05, 3.63) is 40.5 Å². The Hall–Kier alpha value is -2.70. The molecule has 24 heavy (non-hydrogen) atoms. The van der Waals surface area contributed by atoms with Gasteiger partial charge in [0.15, 0.2) is 0 Å². The second kappa shape index (κ2) is 5.43. The molecule has 124 valence electrons. The number of H-pyrrole nitrogens is 1. The second-order valence-electron chi connectivity index (χ2n) is 6.46. The highest BCUT2D eigenvalue weighted by molar-refractivity contribution is 6.06. The van der Waals surface area contributed by atoms with Crippen molar-refractivity contribution in [2.75, 3.05) is 13.1 Å². The molecule has 0 radical (unpaired) electrons. The van der Waals surface area contributed by atoms with Crippen LogP contribution in [0.5, 0.6) is 0 Å². The maximum absolute atomic E-state index is 13.1. The van der Waals surface area contributed by atoms with Gasteiger partial charge < -0.3 is 9.42 Å². The molecule has 0 aromatic carbocycles. The minimum Gasteiger partial charge on any atom is -0.338 e. The number of nitrogens with one attached hydrogen (secondary N) is 1. The van der Waals surface area contributed by atoms with Crippen LogP contribution < -0.4 is 0 Å². The van der Waals surface area contributed by atoms with E-state index in [2.05, 4.69) is 20.3 Å². The number of amides is 1. The Morgan fingerprint density at radius 2 is 2.21 bits per heavy atom. The zero-order chi connectivity index (χ0) is 16.8. The van der Waals surface area contributed by atoms with E-state index in [1.165, 1.54) is 0 Å². The van der Waals surface area contributed by atoms with Crippen molar-refractivity contribution in [1.29, 1.82) is 0 Å². The van der Waals surface area contributed by atoms with Crippen LogP contribution >= 0.6 is 0 Å². The molecule has 1 aliphatic heterocycles. The number of carbonyl (C=O) groups excluding carboxylic acids is 1. The number of carbonyl (C=O) groups is 1. The van der Waals surface area contributed by atoms with E-state index in [-0.39, 0.29) is 5.91 Å². The summed E-state index contributed by atoms with van der Waals surface area (Å²) in [7, 11) is 0. The van der Waals surface area contributed by atoms with Crippen LogP contribution in [-0.2, 0) is 0 Å². The number of likely N-dealkylation sites (tertiary alicyclic amines) is 1. The third-order valence-corrected chi connectivity index (χ3v) is 4.73. The van der Waals surface area contributed by atoms with Crippen molar-refractivity contribution >= 4 is 17.0 Å². The van der Waals surface area contributed by atoms with Gasteiger partial charge in [-0.1, -0.05) is 5.16 Å². The van der Waals surface area contributed by atoms with Crippen LogP contribution in [-0.4, -0.2) is 44.2 Å². The molecule has 4 heterocycles. The highest BCUT2D eigenvalue weighted by Crippen LogP contribution is 2.30. The van der Waals surface area contributed by atoms with Crippen LogP contribution in [0.3, 0.4) is 0 Å². The number of hydrogen-bond acceptors (Lipinski definition) is 5. The van der Waals surface area contributed by atoms with E-state index >= 15 is 0 Å².